The maximum atomic E-state index is 12.9. The lowest BCUT2D eigenvalue weighted by molar-refractivity contribution is -0.133. The first kappa shape index (κ1) is 17.2. The molecule has 2 N–H and O–H groups in total. The third-order valence-electron chi connectivity index (χ3n) is 4.19. The van der Waals surface area contributed by atoms with Crippen molar-refractivity contribution in [3.05, 3.63) is 70.2 Å². The molecule has 2 aromatic rings. The molecule has 0 aliphatic carbocycles. The van der Waals surface area contributed by atoms with Crippen molar-refractivity contribution in [2.24, 2.45) is 0 Å². The number of benzene rings is 2. The fourth-order valence-electron chi connectivity index (χ4n) is 2.83. The van der Waals surface area contributed by atoms with Crippen LogP contribution in [-0.4, -0.2) is 22.9 Å². The van der Waals surface area contributed by atoms with Gasteiger partial charge in [-0.25, -0.2) is 4.79 Å². The fourth-order valence-corrected chi connectivity index (χ4v) is 3.23. The summed E-state index contributed by atoms with van der Waals surface area (Å²) in [6.07, 6.45) is 0.366. The van der Waals surface area contributed by atoms with Crippen LogP contribution in [0.3, 0.4) is 0 Å². The zero-order chi connectivity index (χ0) is 18.0. The molecule has 1 fully saturated rings. The summed E-state index contributed by atoms with van der Waals surface area (Å²) in [5, 5.41) is 3.46. The summed E-state index contributed by atoms with van der Waals surface area (Å²) < 4.78 is 0.726. The molecule has 2 aromatic carbocycles. The van der Waals surface area contributed by atoms with Crippen molar-refractivity contribution >= 4 is 33.8 Å². The van der Waals surface area contributed by atoms with Gasteiger partial charge in [0.2, 0.25) is 0 Å². The average molecular weight is 402 g/mol. The van der Waals surface area contributed by atoms with Gasteiger partial charge in [-0.05, 0) is 30.2 Å². The number of carbonyl (C=O) groups excluding carboxylic acids is 3. The van der Waals surface area contributed by atoms with E-state index in [4.69, 9.17) is 0 Å². The molecule has 6 nitrogen and oxygen atoms in total. The van der Waals surface area contributed by atoms with E-state index in [0.717, 1.165) is 9.48 Å². The lowest BCUT2D eigenvalue weighted by Gasteiger charge is -2.25. The van der Waals surface area contributed by atoms with Gasteiger partial charge in [0.1, 0.15) is 5.54 Å². The van der Waals surface area contributed by atoms with Crippen LogP contribution in [0.4, 0.5) is 4.79 Å². The summed E-state index contributed by atoms with van der Waals surface area (Å²) in [6.45, 7) is 1.81. The van der Waals surface area contributed by atoms with Crippen molar-refractivity contribution in [1.29, 1.82) is 0 Å². The molecule has 0 bridgehead atoms. The Morgan fingerprint density at radius 2 is 1.88 bits per heavy atom. The molecule has 0 aromatic heterocycles. The highest BCUT2D eigenvalue weighted by molar-refractivity contribution is 9.10. The predicted octanol–water partition coefficient (Wildman–Crippen LogP) is 2.95. The molecular formula is C18H16BrN3O3. The first-order valence-corrected chi connectivity index (χ1v) is 8.56. The number of carbonyl (C=O) groups is 3. The minimum Gasteiger partial charge on any atom is -0.318 e. The molecule has 0 spiro atoms. The standard InChI is InChI=1S/C18H16BrN3O3/c1-2-18(13-8-4-3-5-9-13)16(24)22(17(25)20-18)21-15(23)12-7-6-10-14(19)11-12/h3-11H,2H2,1H3,(H,20,25)(H,21,23)/t18-/m0/s1. The van der Waals surface area contributed by atoms with Crippen molar-refractivity contribution in [1.82, 2.24) is 15.8 Å². The Morgan fingerprint density at radius 1 is 1.16 bits per heavy atom. The largest absolute Gasteiger partial charge is 0.344 e. The monoisotopic (exact) mass is 401 g/mol. The predicted molar refractivity (Wildman–Crippen MR) is 95.4 cm³/mol. The number of hydrogen-bond acceptors (Lipinski definition) is 3. The molecule has 1 aliphatic heterocycles. The van der Waals surface area contributed by atoms with Gasteiger partial charge in [-0.3, -0.25) is 15.0 Å². The number of amides is 4. The van der Waals surface area contributed by atoms with Crippen LogP contribution in [-0.2, 0) is 10.3 Å². The van der Waals surface area contributed by atoms with E-state index in [1.54, 1.807) is 48.5 Å². The summed E-state index contributed by atoms with van der Waals surface area (Å²) in [6, 6.07) is 15.0. The number of halogens is 1. The lowest BCUT2D eigenvalue weighted by atomic mass is 9.87. The van der Waals surface area contributed by atoms with Crippen molar-refractivity contribution in [2.45, 2.75) is 18.9 Å². The van der Waals surface area contributed by atoms with Gasteiger partial charge in [-0.15, -0.1) is 0 Å². The Labute approximate surface area is 153 Å². The van der Waals surface area contributed by atoms with E-state index in [0.29, 0.717) is 17.5 Å². The summed E-state index contributed by atoms with van der Waals surface area (Å²) in [4.78, 5) is 37.6. The maximum Gasteiger partial charge on any atom is 0.344 e. The fraction of sp³-hybridized carbons (Fsp3) is 0.167. The molecule has 0 saturated carbocycles. The van der Waals surface area contributed by atoms with E-state index in [1.165, 1.54) is 0 Å². The highest BCUT2D eigenvalue weighted by Gasteiger charge is 2.52. The number of rotatable bonds is 4. The molecule has 4 amide bonds. The van der Waals surface area contributed by atoms with Gasteiger partial charge in [0.05, 0.1) is 0 Å². The molecule has 3 rings (SSSR count). The Morgan fingerprint density at radius 3 is 2.52 bits per heavy atom. The topological polar surface area (TPSA) is 78.5 Å². The van der Waals surface area contributed by atoms with Gasteiger partial charge in [-0.2, -0.15) is 5.01 Å². The molecule has 25 heavy (non-hydrogen) atoms. The van der Waals surface area contributed by atoms with Gasteiger partial charge >= 0.3 is 6.03 Å². The third kappa shape index (κ3) is 3.02. The summed E-state index contributed by atoms with van der Waals surface area (Å²) in [5.41, 5.74) is 2.23. The minimum atomic E-state index is -1.18. The van der Waals surface area contributed by atoms with E-state index in [-0.39, 0.29) is 0 Å². The highest BCUT2D eigenvalue weighted by Crippen LogP contribution is 2.31. The maximum absolute atomic E-state index is 12.9. The number of urea groups is 1. The number of nitrogens with zero attached hydrogens (tertiary/aromatic N) is 1. The van der Waals surface area contributed by atoms with Crippen LogP contribution >= 0.6 is 15.9 Å². The minimum absolute atomic E-state index is 0.337. The number of imide groups is 1. The zero-order valence-corrected chi connectivity index (χ0v) is 15.0. The molecule has 7 heteroatoms. The van der Waals surface area contributed by atoms with Crippen LogP contribution < -0.4 is 10.7 Å². The normalized spacial score (nSPS) is 19.7. The highest BCUT2D eigenvalue weighted by atomic mass is 79.9. The van der Waals surface area contributed by atoms with Gasteiger partial charge in [-0.1, -0.05) is 59.3 Å². The molecule has 128 valence electrons. The Balaban J connectivity index is 1.87. The number of nitrogens with one attached hydrogen (secondary N) is 2. The van der Waals surface area contributed by atoms with E-state index in [1.807, 2.05) is 13.0 Å². The Bertz CT molecular complexity index is 840. The molecular weight excluding hydrogens is 386 g/mol. The van der Waals surface area contributed by atoms with Crippen molar-refractivity contribution in [3.63, 3.8) is 0 Å². The smallest absolute Gasteiger partial charge is 0.318 e. The lowest BCUT2D eigenvalue weighted by Crippen LogP contribution is -2.48. The van der Waals surface area contributed by atoms with Crippen LogP contribution in [0, 0.1) is 0 Å². The second-order valence-corrected chi connectivity index (χ2v) is 6.56. The summed E-state index contributed by atoms with van der Waals surface area (Å²) in [5.74, 6) is -1.04. The molecule has 1 aliphatic rings. The van der Waals surface area contributed by atoms with E-state index < -0.39 is 23.4 Å². The summed E-state index contributed by atoms with van der Waals surface area (Å²) >= 11 is 3.29. The van der Waals surface area contributed by atoms with Crippen LogP contribution in [0.25, 0.3) is 0 Å². The first-order chi connectivity index (χ1) is 12.0. The second-order valence-electron chi connectivity index (χ2n) is 5.65. The van der Waals surface area contributed by atoms with Crippen molar-refractivity contribution in [3.8, 4) is 0 Å². The van der Waals surface area contributed by atoms with Gasteiger partial charge in [0.15, 0.2) is 0 Å². The molecule has 1 saturated heterocycles. The zero-order valence-electron chi connectivity index (χ0n) is 13.5. The first-order valence-electron chi connectivity index (χ1n) is 7.76. The molecule has 1 atom stereocenters. The quantitative estimate of drug-likeness (QED) is 0.772. The van der Waals surface area contributed by atoms with Gasteiger partial charge in [0.25, 0.3) is 11.8 Å². The molecule has 1 heterocycles. The van der Waals surface area contributed by atoms with Crippen LogP contribution in [0.15, 0.2) is 59.1 Å². The summed E-state index contributed by atoms with van der Waals surface area (Å²) in [7, 11) is 0. The molecule has 0 radical (unpaired) electrons. The van der Waals surface area contributed by atoms with Crippen molar-refractivity contribution in [2.75, 3.05) is 0 Å². The van der Waals surface area contributed by atoms with E-state index in [9.17, 15) is 14.4 Å². The SMILES string of the molecule is CC[C@@]1(c2ccccc2)NC(=O)N(NC(=O)c2cccc(Br)c2)C1=O. The van der Waals surface area contributed by atoms with E-state index in [2.05, 4.69) is 26.7 Å². The Kier molecular flexibility index (Phi) is 4.59. The van der Waals surface area contributed by atoms with Crippen LogP contribution in [0.2, 0.25) is 0 Å². The van der Waals surface area contributed by atoms with Crippen LogP contribution in [0.5, 0.6) is 0 Å². The second kappa shape index (κ2) is 6.68. The number of hydrogen-bond donors (Lipinski definition) is 2. The average Bonchev–Trinajstić information content (AvgIpc) is 2.87. The van der Waals surface area contributed by atoms with Crippen molar-refractivity contribution < 1.29 is 14.4 Å². The van der Waals surface area contributed by atoms with Gasteiger partial charge < -0.3 is 5.32 Å². The Hall–Kier alpha value is -2.67. The molecule has 0 unspecified atom stereocenters. The number of hydrazine groups is 1. The van der Waals surface area contributed by atoms with E-state index >= 15 is 0 Å². The van der Waals surface area contributed by atoms with Crippen LogP contribution in [0.1, 0.15) is 29.3 Å². The van der Waals surface area contributed by atoms with Gasteiger partial charge in [0, 0.05) is 10.0 Å². The third-order valence-corrected chi connectivity index (χ3v) is 4.68.